The first kappa shape index (κ1) is 11.3. The number of H-pyrrole nitrogens is 1. The maximum Gasteiger partial charge on any atom is 0.262 e. The standard InChI is InChI=1S/C10H7ClN4O2/c11-10-13-5-3-7(15-10)14-9(17)6-2-1-4-12-8(6)16/h1-5H,(H,12,16)(H,13,14,15,17). The number of anilines is 1. The van der Waals surface area contributed by atoms with Crippen LogP contribution >= 0.6 is 11.6 Å². The number of carbonyl (C=O) groups is 1. The molecule has 2 rings (SSSR count). The molecule has 6 nitrogen and oxygen atoms in total. The first-order chi connectivity index (χ1) is 8.16. The molecule has 0 aromatic carbocycles. The number of hydrogen-bond acceptors (Lipinski definition) is 4. The molecular formula is C10H7ClN4O2. The molecule has 0 fully saturated rings. The van der Waals surface area contributed by atoms with Crippen molar-refractivity contribution in [1.29, 1.82) is 0 Å². The number of amides is 1. The van der Waals surface area contributed by atoms with E-state index in [9.17, 15) is 9.59 Å². The number of pyridine rings is 1. The van der Waals surface area contributed by atoms with Crippen LogP contribution in [0.15, 0.2) is 35.4 Å². The van der Waals surface area contributed by atoms with E-state index in [-0.39, 0.29) is 16.7 Å². The van der Waals surface area contributed by atoms with Gasteiger partial charge in [0.25, 0.3) is 11.5 Å². The van der Waals surface area contributed by atoms with Crippen molar-refractivity contribution in [3.05, 3.63) is 51.8 Å². The van der Waals surface area contributed by atoms with E-state index in [0.717, 1.165) is 0 Å². The van der Waals surface area contributed by atoms with Crippen molar-refractivity contribution in [2.45, 2.75) is 0 Å². The van der Waals surface area contributed by atoms with E-state index in [4.69, 9.17) is 11.6 Å². The molecule has 1 amide bonds. The zero-order valence-corrected chi connectivity index (χ0v) is 9.23. The third kappa shape index (κ3) is 2.67. The van der Waals surface area contributed by atoms with Gasteiger partial charge in [0.2, 0.25) is 5.28 Å². The summed E-state index contributed by atoms with van der Waals surface area (Å²) in [6.45, 7) is 0. The van der Waals surface area contributed by atoms with E-state index in [1.165, 1.54) is 24.5 Å². The normalized spacial score (nSPS) is 9.94. The van der Waals surface area contributed by atoms with Gasteiger partial charge in [-0.15, -0.1) is 0 Å². The van der Waals surface area contributed by atoms with E-state index in [1.807, 2.05) is 0 Å². The molecule has 17 heavy (non-hydrogen) atoms. The average molecular weight is 251 g/mol. The Kier molecular flexibility index (Phi) is 3.15. The molecule has 0 spiro atoms. The summed E-state index contributed by atoms with van der Waals surface area (Å²) in [6.07, 6.45) is 2.85. The Morgan fingerprint density at radius 1 is 1.41 bits per heavy atom. The lowest BCUT2D eigenvalue weighted by Crippen LogP contribution is -2.22. The summed E-state index contributed by atoms with van der Waals surface area (Å²) in [4.78, 5) is 32.9. The summed E-state index contributed by atoms with van der Waals surface area (Å²) in [5.41, 5.74) is -0.465. The lowest BCUT2D eigenvalue weighted by Gasteiger charge is -2.02. The van der Waals surface area contributed by atoms with Gasteiger partial charge in [0.1, 0.15) is 11.4 Å². The van der Waals surface area contributed by atoms with Crippen molar-refractivity contribution >= 4 is 23.3 Å². The largest absolute Gasteiger partial charge is 0.328 e. The summed E-state index contributed by atoms with van der Waals surface area (Å²) < 4.78 is 0. The monoisotopic (exact) mass is 250 g/mol. The number of rotatable bonds is 2. The van der Waals surface area contributed by atoms with Gasteiger partial charge in [0.05, 0.1) is 0 Å². The summed E-state index contributed by atoms with van der Waals surface area (Å²) in [5.74, 6) is -0.320. The second kappa shape index (κ2) is 4.75. The maximum atomic E-state index is 11.7. The highest BCUT2D eigenvalue weighted by atomic mass is 35.5. The van der Waals surface area contributed by atoms with E-state index in [0.29, 0.717) is 0 Å². The van der Waals surface area contributed by atoms with E-state index >= 15 is 0 Å². The molecule has 0 aliphatic rings. The Bertz CT molecular complexity index is 611. The van der Waals surface area contributed by atoms with Gasteiger partial charge in [-0.05, 0) is 29.8 Å². The van der Waals surface area contributed by atoms with Crippen molar-refractivity contribution in [3.63, 3.8) is 0 Å². The first-order valence-electron chi connectivity index (χ1n) is 4.64. The van der Waals surface area contributed by atoms with Crippen molar-refractivity contribution in [1.82, 2.24) is 15.0 Å². The Morgan fingerprint density at radius 2 is 2.24 bits per heavy atom. The van der Waals surface area contributed by atoms with Crippen LogP contribution in [-0.4, -0.2) is 20.9 Å². The molecule has 0 saturated heterocycles. The van der Waals surface area contributed by atoms with Gasteiger partial charge in [-0.2, -0.15) is 0 Å². The number of nitrogens with zero attached hydrogens (tertiary/aromatic N) is 2. The van der Waals surface area contributed by atoms with Gasteiger partial charge >= 0.3 is 0 Å². The molecule has 0 saturated carbocycles. The van der Waals surface area contributed by atoms with Gasteiger partial charge in [-0.1, -0.05) is 0 Å². The molecule has 0 aliphatic heterocycles. The minimum atomic E-state index is -0.554. The van der Waals surface area contributed by atoms with Crippen LogP contribution in [-0.2, 0) is 0 Å². The zero-order valence-electron chi connectivity index (χ0n) is 8.48. The molecule has 0 unspecified atom stereocenters. The van der Waals surface area contributed by atoms with Crippen LogP contribution < -0.4 is 10.9 Å². The van der Waals surface area contributed by atoms with Crippen molar-refractivity contribution in [3.8, 4) is 0 Å². The highest BCUT2D eigenvalue weighted by Crippen LogP contribution is 2.06. The second-order valence-electron chi connectivity index (χ2n) is 3.08. The molecule has 0 atom stereocenters. The van der Waals surface area contributed by atoms with Crippen LogP contribution in [0.3, 0.4) is 0 Å². The number of nitrogens with one attached hydrogen (secondary N) is 2. The van der Waals surface area contributed by atoms with Crippen LogP contribution in [0.4, 0.5) is 5.82 Å². The predicted molar refractivity (Wildman–Crippen MR) is 62.1 cm³/mol. The number of carbonyl (C=O) groups excluding carboxylic acids is 1. The third-order valence-corrected chi connectivity index (χ3v) is 2.11. The maximum absolute atomic E-state index is 11.7. The van der Waals surface area contributed by atoms with Crippen LogP contribution in [0.1, 0.15) is 10.4 Å². The van der Waals surface area contributed by atoms with E-state index in [2.05, 4.69) is 20.3 Å². The van der Waals surface area contributed by atoms with Gasteiger partial charge < -0.3 is 10.3 Å². The van der Waals surface area contributed by atoms with Gasteiger partial charge in [0, 0.05) is 12.4 Å². The molecule has 0 bridgehead atoms. The fraction of sp³-hybridized carbons (Fsp3) is 0. The first-order valence-corrected chi connectivity index (χ1v) is 5.02. The summed E-state index contributed by atoms with van der Waals surface area (Å²) in [7, 11) is 0. The van der Waals surface area contributed by atoms with Crippen molar-refractivity contribution in [2.75, 3.05) is 5.32 Å². The lowest BCUT2D eigenvalue weighted by molar-refractivity contribution is 0.102. The molecular weight excluding hydrogens is 244 g/mol. The summed E-state index contributed by atoms with van der Waals surface area (Å²) >= 11 is 5.56. The predicted octanol–water partition coefficient (Wildman–Crippen LogP) is 1.07. The quantitative estimate of drug-likeness (QED) is 0.781. The van der Waals surface area contributed by atoms with Gasteiger partial charge in [-0.3, -0.25) is 9.59 Å². The van der Waals surface area contributed by atoms with Crippen LogP contribution in [0.5, 0.6) is 0 Å². The molecule has 7 heteroatoms. The molecule has 2 aromatic heterocycles. The van der Waals surface area contributed by atoms with E-state index in [1.54, 1.807) is 6.07 Å². The SMILES string of the molecule is O=C(Nc1ccnc(Cl)n1)c1ccc[nH]c1=O. The highest BCUT2D eigenvalue weighted by molar-refractivity contribution is 6.28. The van der Waals surface area contributed by atoms with Crippen molar-refractivity contribution in [2.24, 2.45) is 0 Å². The summed E-state index contributed by atoms with van der Waals surface area (Å²) in [6, 6.07) is 4.45. The molecule has 0 radical (unpaired) electrons. The van der Waals surface area contributed by atoms with Gasteiger partial charge in [0.15, 0.2) is 0 Å². The van der Waals surface area contributed by atoms with Gasteiger partial charge in [-0.25, -0.2) is 9.97 Å². The molecule has 2 aromatic rings. The van der Waals surface area contributed by atoms with Crippen LogP contribution in [0.2, 0.25) is 5.28 Å². The zero-order chi connectivity index (χ0) is 12.3. The average Bonchev–Trinajstić information content (AvgIpc) is 2.29. The summed E-state index contributed by atoms with van der Waals surface area (Å²) in [5, 5.41) is 2.46. The highest BCUT2D eigenvalue weighted by Gasteiger charge is 2.10. The Hall–Kier alpha value is -2.21. The molecule has 2 N–H and O–H groups in total. The molecule has 0 aliphatic carbocycles. The third-order valence-electron chi connectivity index (χ3n) is 1.93. The van der Waals surface area contributed by atoms with Crippen LogP contribution in [0, 0.1) is 0 Å². The Morgan fingerprint density at radius 3 is 2.94 bits per heavy atom. The number of aromatic amines is 1. The lowest BCUT2D eigenvalue weighted by atomic mass is 10.2. The molecule has 2 heterocycles. The Labute approximate surface area is 101 Å². The van der Waals surface area contributed by atoms with Crippen LogP contribution in [0.25, 0.3) is 0 Å². The topological polar surface area (TPSA) is 87.7 Å². The minimum Gasteiger partial charge on any atom is -0.328 e. The molecule has 86 valence electrons. The Balaban J connectivity index is 2.23. The fourth-order valence-electron chi connectivity index (χ4n) is 1.19. The van der Waals surface area contributed by atoms with E-state index < -0.39 is 11.5 Å². The fourth-order valence-corrected chi connectivity index (χ4v) is 1.34. The number of hydrogen-bond donors (Lipinski definition) is 2. The minimum absolute atomic E-state index is 0.00207. The van der Waals surface area contributed by atoms with Crippen molar-refractivity contribution < 1.29 is 4.79 Å². The smallest absolute Gasteiger partial charge is 0.262 e. The second-order valence-corrected chi connectivity index (χ2v) is 3.42. The number of halogens is 1. The number of aromatic nitrogens is 3.